The van der Waals surface area contributed by atoms with E-state index in [9.17, 15) is 5.11 Å². The Morgan fingerprint density at radius 3 is 1.82 bits per heavy atom. The van der Waals surface area contributed by atoms with Gasteiger partial charge < -0.3 is 9.47 Å². The summed E-state index contributed by atoms with van der Waals surface area (Å²) in [7, 11) is 0. The smallest absolute Gasteiger partial charge is 0.256 e. The SMILES string of the molecule is CCCCc1cc([O+]2C(C)CCC2C)cc(CCCC)c1O. The summed E-state index contributed by atoms with van der Waals surface area (Å²) in [5, 5.41) is 10.6. The molecule has 0 spiro atoms. The number of aromatic hydroxyl groups is 1. The summed E-state index contributed by atoms with van der Waals surface area (Å²) < 4.78 is 3.50. The van der Waals surface area contributed by atoms with Crippen molar-refractivity contribution >= 4 is 0 Å². The number of benzene rings is 1. The summed E-state index contributed by atoms with van der Waals surface area (Å²) in [5.74, 6) is 1.79. The van der Waals surface area contributed by atoms with Crippen molar-refractivity contribution in [1.29, 1.82) is 0 Å². The monoisotopic (exact) mass is 305 g/mol. The molecule has 2 rings (SSSR count). The zero-order valence-corrected chi connectivity index (χ0v) is 14.8. The van der Waals surface area contributed by atoms with Crippen molar-refractivity contribution in [2.75, 3.05) is 0 Å². The lowest BCUT2D eigenvalue weighted by Crippen LogP contribution is -2.18. The van der Waals surface area contributed by atoms with Crippen molar-refractivity contribution in [3.05, 3.63) is 23.3 Å². The van der Waals surface area contributed by atoms with Crippen LogP contribution in [0.3, 0.4) is 0 Å². The summed E-state index contributed by atoms with van der Waals surface area (Å²) in [4.78, 5) is 0. The third-order valence-corrected chi connectivity index (χ3v) is 4.96. The Morgan fingerprint density at radius 2 is 1.41 bits per heavy atom. The molecule has 1 aliphatic rings. The fraction of sp³-hybridized carbons (Fsp3) is 0.700. The molecule has 0 amide bonds. The molecule has 2 nitrogen and oxygen atoms in total. The molecule has 1 N–H and O–H groups in total. The topological polar surface area (TPSA) is 22.9 Å². The van der Waals surface area contributed by atoms with E-state index in [0.29, 0.717) is 18.0 Å². The molecule has 1 fully saturated rings. The summed E-state index contributed by atoms with van der Waals surface area (Å²) in [6, 6.07) is 4.42. The third-order valence-electron chi connectivity index (χ3n) is 4.96. The molecule has 1 aromatic rings. The van der Waals surface area contributed by atoms with Gasteiger partial charge in [-0.1, -0.05) is 26.7 Å². The van der Waals surface area contributed by atoms with Crippen molar-refractivity contribution in [3.63, 3.8) is 0 Å². The van der Waals surface area contributed by atoms with Crippen LogP contribution in [0, 0.1) is 0 Å². The van der Waals surface area contributed by atoms with E-state index < -0.39 is 0 Å². The largest absolute Gasteiger partial charge is 0.568 e. The number of rotatable bonds is 7. The number of unbranched alkanes of at least 4 members (excludes halogenated alkanes) is 2. The van der Waals surface area contributed by atoms with Crippen molar-refractivity contribution in [2.45, 2.75) is 91.3 Å². The van der Waals surface area contributed by atoms with Crippen LogP contribution in [0.4, 0.5) is 0 Å². The second-order valence-electron chi connectivity index (χ2n) is 6.87. The predicted octanol–water partition coefficient (Wildman–Crippen LogP) is 5.91. The van der Waals surface area contributed by atoms with Gasteiger partial charge in [-0.05, 0) is 25.7 Å². The van der Waals surface area contributed by atoms with E-state index in [1.54, 1.807) is 0 Å². The molecular weight excluding hydrogens is 272 g/mol. The Morgan fingerprint density at radius 1 is 0.955 bits per heavy atom. The molecule has 124 valence electrons. The molecule has 22 heavy (non-hydrogen) atoms. The molecule has 1 aromatic carbocycles. The van der Waals surface area contributed by atoms with E-state index >= 15 is 0 Å². The van der Waals surface area contributed by atoms with Gasteiger partial charge in [0.25, 0.3) is 5.75 Å². The van der Waals surface area contributed by atoms with Gasteiger partial charge in [-0.25, -0.2) is 0 Å². The molecule has 0 saturated carbocycles. The van der Waals surface area contributed by atoms with Crippen molar-refractivity contribution in [1.82, 2.24) is 0 Å². The fourth-order valence-electron chi connectivity index (χ4n) is 3.56. The van der Waals surface area contributed by atoms with E-state index in [4.69, 9.17) is 0 Å². The zero-order valence-electron chi connectivity index (χ0n) is 14.8. The highest BCUT2D eigenvalue weighted by Crippen LogP contribution is 2.42. The second-order valence-corrected chi connectivity index (χ2v) is 6.87. The third kappa shape index (κ3) is 3.77. The first-order valence-corrected chi connectivity index (χ1v) is 9.15. The van der Waals surface area contributed by atoms with Crippen LogP contribution in [-0.2, 0) is 17.2 Å². The quantitative estimate of drug-likeness (QED) is 0.621. The Hall–Kier alpha value is -1.18. The number of phenols is 1. The van der Waals surface area contributed by atoms with E-state index in [1.165, 1.54) is 18.6 Å². The average Bonchev–Trinajstić information content (AvgIpc) is 2.84. The minimum atomic E-state index is 0.526. The number of hydrogen-bond donors (Lipinski definition) is 1. The molecule has 0 aliphatic carbocycles. The van der Waals surface area contributed by atoms with Gasteiger partial charge in [-0.15, -0.1) is 0 Å². The summed E-state index contributed by atoms with van der Waals surface area (Å²) in [6.45, 7) is 8.99. The van der Waals surface area contributed by atoms with Crippen LogP contribution < -0.4 is 0 Å². The average molecular weight is 305 g/mol. The fourth-order valence-corrected chi connectivity index (χ4v) is 3.56. The van der Waals surface area contributed by atoms with E-state index in [-0.39, 0.29) is 0 Å². The molecule has 1 saturated heterocycles. The first-order chi connectivity index (χ1) is 10.6. The maximum absolute atomic E-state index is 10.6. The molecular formula is C20H33O2+. The summed E-state index contributed by atoms with van der Waals surface area (Å²) in [5.41, 5.74) is 2.26. The van der Waals surface area contributed by atoms with Crippen LogP contribution in [0.25, 0.3) is 0 Å². The van der Waals surface area contributed by atoms with Gasteiger partial charge >= 0.3 is 0 Å². The zero-order chi connectivity index (χ0) is 16.1. The molecule has 2 heteroatoms. The Balaban J connectivity index is 2.35. The molecule has 1 heterocycles. The summed E-state index contributed by atoms with van der Waals surface area (Å²) >= 11 is 0. The second kappa shape index (κ2) is 7.89. The van der Waals surface area contributed by atoms with E-state index in [0.717, 1.165) is 49.7 Å². The van der Waals surface area contributed by atoms with E-state index in [1.807, 2.05) is 0 Å². The molecule has 1 aliphatic heterocycles. The van der Waals surface area contributed by atoms with E-state index in [2.05, 4.69) is 44.2 Å². The lowest BCUT2D eigenvalue weighted by molar-refractivity contribution is -0.111. The standard InChI is InChI=1S/C20H32O2/c1-5-7-9-17-13-19(22-15(3)11-12-16(22)4)14-18(20(17)21)10-8-6-2/h13-16H,5-12H2,1-4H3/p+1. The van der Waals surface area contributed by atoms with Crippen LogP contribution in [0.2, 0.25) is 0 Å². The Kier molecular flexibility index (Phi) is 6.16. The van der Waals surface area contributed by atoms with Gasteiger partial charge in [0.15, 0.2) is 12.2 Å². The van der Waals surface area contributed by atoms with Crippen molar-refractivity contribution in [2.24, 2.45) is 0 Å². The first-order valence-electron chi connectivity index (χ1n) is 9.15. The van der Waals surface area contributed by atoms with Gasteiger partial charge in [-0.2, -0.15) is 0 Å². The maximum atomic E-state index is 10.6. The van der Waals surface area contributed by atoms with Gasteiger partial charge in [0.05, 0.1) is 0 Å². The molecule has 2 unspecified atom stereocenters. The molecule has 2 atom stereocenters. The van der Waals surface area contributed by atoms with Crippen LogP contribution in [0.5, 0.6) is 11.5 Å². The van der Waals surface area contributed by atoms with Gasteiger partial charge in [-0.3, -0.25) is 0 Å². The van der Waals surface area contributed by atoms with Crippen LogP contribution in [-0.4, -0.2) is 17.3 Å². The molecule has 0 aromatic heterocycles. The lowest BCUT2D eigenvalue weighted by Gasteiger charge is -2.29. The van der Waals surface area contributed by atoms with Crippen LogP contribution in [0.1, 0.15) is 77.3 Å². The first kappa shape index (κ1) is 17.2. The number of aryl methyl sites for hydroxylation is 2. The Labute approximate surface area is 136 Å². The van der Waals surface area contributed by atoms with Gasteiger partial charge in [0.1, 0.15) is 5.75 Å². The van der Waals surface area contributed by atoms with Gasteiger partial charge in [0, 0.05) is 49.9 Å². The minimum absolute atomic E-state index is 0.526. The minimum Gasteiger partial charge on any atom is -0.568 e. The Bertz CT molecular complexity index is 442. The number of hydrogen-bond acceptors (Lipinski definition) is 1. The maximum Gasteiger partial charge on any atom is 0.256 e. The van der Waals surface area contributed by atoms with Crippen molar-refractivity contribution < 1.29 is 9.47 Å². The molecule has 0 radical (unpaired) electrons. The predicted molar refractivity (Wildman–Crippen MR) is 94.0 cm³/mol. The molecule has 0 bridgehead atoms. The highest BCUT2D eigenvalue weighted by molar-refractivity contribution is 5.47. The highest BCUT2D eigenvalue weighted by atomic mass is 16.7. The highest BCUT2D eigenvalue weighted by Gasteiger charge is 2.34. The van der Waals surface area contributed by atoms with Crippen molar-refractivity contribution in [3.8, 4) is 11.5 Å². The van der Waals surface area contributed by atoms with Gasteiger partial charge in [0.2, 0.25) is 0 Å². The number of phenolic OH excluding ortho intramolecular Hbond substituents is 1. The normalized spacial score (nSPS) is 21.5. The lowest BCUT2D eigenvalue weighted by atomic mass is 9.99. The van der Waals surface area contributed by atoms with Crippen LogP contribution >= 0.6 is 0 Å². The van der Waals surface area contributed by atoms with Crippen LogP contribution in [0.15, 0.2) is 12.1 Å². The summed E-state index contributed by atoms with van der Waals surface area (Å²) in [6.07, 6.45) is 10.1.